The van der Waals surface area contributed by atoms with E-state index in [0.717, 1.165) is 17.8 Å². The predicted molar refractivity (Wildman–Crippen MR) is 66.9 cm³/mol. The van der Waals surface area contributed by atoms with Crippen LogP contribution in [-0.4, -0.2) is 29.7 Å². The highest BCUT2D eigenvalue weighted by Crippen LogP contribution is 2.20. The van der Waals surface area contributed by atoms with E-state index in [1.807, 2.05) is 31.2 Å². The number of carbonyl (C=O) groups is 1. The number of β-amino-alcohol motifs (C(OH)–C–C–N with tert-alkyl or cyclic N) is 1. The standard InChI is InChI=1S/C13H18N2O2/c1-10-4-2-3-5-11(10)15-12(16)8-13(17)6-7-14-9-13/h2-5,14,17H,6-9H2,1H3,(H,15,16). The summed E-state index contributed by atoms with van der Waals surface area (Å²) >= 11 is 0. The van der Waals surface area contributed by atoms with Gasteiger partial charge in [-0.2, -0.15) is 0 Å². The number of aliphatic hydroxyl groups is 1. The molecule has 1 unspecified atom stereocenters. The first-order valence-corrected chi connectivity index (χ1v) is 5.88. The monoisotopic (exact) mass is 234 g/mol. The van der Waals surface area contributed by atoms with Crippen molar-refractivity contribution < 1.29 is 9.90 Å². The number of carbonyl (C=O) groups excluding carboxylic acids is 1. The smallest absolute Gasteiger partial charge is 0.227 e. The van der Waals surface area contributed by atoms with Crippen molar-refractivity contribution in [3.05, 3.63) is 29.8 Å². The van der Waals surface area contributed by atoms with Crippen molar-refractivity contribution in [2.75, 3.05) is 18.4 Å². The minimum absolute atomic E-state index is 0.134. The highest BCUT2D eigenvalue weighted by molar-refractivity contribution is 5.92. The Kier molecular flexibility index (Phi) is 3.45. The summed E-state index contributed by atoms with van der Waals surface area (Å²) < 4.78 is 0. The molecule has 0 bridgehead atoms. The van der Waals surface area contributed by atoms with Crippen LogP contribution in [0.2, 0.25) is 0 Å². The van der Waals surface area contributed by atoms with Gasteiger partial charge in [-0.05, 0) is 31.5 Å². The number of benzene rings is 1. The Morgan fingerprint density at radius 1 is 1.53 bits per heavy atom. The second-order valence-corrected chi connectivity index (χ2v) is 4.69. The van der Waals surface area contributed by atoms with Gasteiger partial charge in [-0.3, -0.25) is 4.79 Å². The van der Waals surface area contributed by atoms with E-state index in [1.165, 1.54) is 0 Å². The van der Waals surface area contributed by atoms with Crippen molar-refractivity contribution in [1.82, 2.24) is 5.32 Å². The van der Waals surface area contributed by atoms with E-state index in [4.69, 9.17) is 0 Å². The lowest BCUT2D eigenvalue weighted by molar-refractivity contribution is -0.120. The maximum absolute atomic E-state index is 11.8. The highest BCUT2D eigenvalue weighted by Gasteiger charge is 2.33. The van der Waals surface area contributed by atoms with Crippen LogP contribution in [0.5, 0.6) is 0 Å². The van der Waals surface area contributed by atoms with E-state index in [1.54, 1.807) is 0 Å². The van der Waals surface area contributed by atoms with E-state index in [9.17, 15) is 9.90 Å². The fourth-order valence-corrected chi connectivity index (χ4v) is 2.09. The van der Waals surface area contributed by atoms with Gasteiger partial charge in [0.15, 0.2) is 0 Å². The maximum Gasteiger partial charge on any atom is 0.227 e. The molecule has 0 spiro atoms. The van der Waals surface area contributed by atoms with Gasteiger partial charge in [-0.25, -0.2) is 0 Å². The average molecular weight is 234 g/mol. The van der Waals surface area contributed by atoms with E-state index in [2.05, 4.69) is 10.6 Å². The van der Waals surface area contributed by atoms with Gasteiger partial charge < -0.3 is 15.7 Å². The topological polar surface area (TPSA) is 61.4 Å². The number of rotatable bonds is 3. The molecule has 1 aliphatic rings. The zero-order chi connectivity index (χ0) is 12.3. The van der Waals surface area contributed by atoms with Gasteiger partial charge in [0.25, 0.3) is 0 Å². The molecule has 1 aromatic rings. The minimum Gasteiger partial charge on any atom is -0.388 e. The Hall–Kier alpha value is -1.39. The third kappa shape index (κ3) is 3.05. The van der Waals surface area contributed by atoms with Crippen molar-refractivity contribution in [2.24, 2.45) is 0 Å². The lowest BCUT2D eigenvalue weighted by Gasteiger charge is -2.20. The Morgan fingerprint density at radius 3 is 2.94 bits per heavy atom. The van der Waals surface area contributed by atoms with E-state index in [0.29, 0.717) is 13.0 Å². The molecule has 1 amide bonds. The maximum atomic E-state index is 11.8. The molecule has 4 heteroatoms. The number of para-hydroxylation sites is 1. The van der Waals surface area contributed by atoms with Gasteiger partial charge in [-0.15, -0.1) is 0 Å². The summed E-state index contributed by atoms with van der Waals surface area (Å²) in [7, 11) is 0. The van der Waals surface area contributed by atoms with Crippen LogP contribution in [0.1, 0.15) is 18.4 Å². The molecule has 2 rings (SSSR count). The Labute approximate surface area is 101 Å². The Bertz CT molecular complexity index is 412. The lowest BCUT2D eigenvalue weighted by atomic mass is 9.98. The van der Waals surface area contributed by atoms with Crippen LogP contribution in [-0.2, 0) is 4.79 Å². The molecule has 1 fully saturated rings. The Morgan fingerprint density at radius 2 is 2.29 bits per heavy atom. The highest BCUT2D eigenvalue weighted by atomic mass is 16.3. The first-order chi connectivity index (χ1) is 8.09. The van der Waals surface area contributed by atoms with Gasteiger partial charge in [0, 0.05) is 12.2 Å². The fourth-order valence-electron chi connectivity index (χ4n) is 2.09. The van der Waals surface area contributed by atoms with Crippen molar-refractivity contribution >= 4 is 11.6 Å². The number of hydrogen-bond acceptors (Lipinski definition) is 3. The molecule has 1 atom stereocenters. The summed E-state index contributed by atoms with van der Waals surface area (Å²) in [5.74, 6) is -0.134. The first kappa shape index (κ1) is 12.1. The summed E-state index contributed by atoms with van der Waals surface area (Å²) in [6.45, 7) is 3.21. The number of aryl methyl sites for hydroxylation is 1. The molecular weight excluding hydrogens is 216 g/mol. The predicted octanol–water partition coefficient (Wildman–Crippen LogP) is 1.05. The summed E-state index contributed by atoms with van der Waals surface area (Å²) in [5, 5.41) is 16.0. The second-order valence-electron chi connectivity index (χ2n) is 4.69. The molecule has 92 valence electrons. The van der Waals surface area contributed by atoms with Gasteiger partial charge in [0.05, 0.1) is 12.0 Å². The molecule has 1 aliphatic heterocycles. The summed E-state index contributed by atoms with van der Waals surface area (Å²) in [5.41, 5.74) is 0.955. The van der Waals surface area contributed by atoms with Crippen LogP contribution in [0.15, 0.2) is 24.3 Å². The molecule has 1 saturated heterocycles. The van der Waals surface area contributed by atoms with Crippen LogP contribution in [0, 0.1) is 6.92 Å². The molecule has 17 heavy (non-hydrogen) atoms. The molecule has 0 saturated carbocycles. The molecule has 1 aromatic carbocycles. The van der Waals surface area contributed by atoms with Crippen LogP contribution < -0.4 is 10.6 Å². The SMILES string of the molecule is Cc1ccccc1NC(=O)CC1(O)CCNC1. The molecule has 0 radical (unpaired) electrons. The third-order valence-electron chi connectivity index (χ3n) is 3.13. The number of nitrogens with one attached hydrogen (secondary N) is 2. The quantitative estimate of drug-likeness (QED) is 0.732. The second kappa shape index (κ2) is 4.85. The lowest BCUT2D eigenvalue weighted by Crippen LogP contribution is -2.36. The number of amides is 1. The van der Waals surface area contributed by atoms with Crippen molar-refractivity contribution in [3.8, 4) is 0 Å². The zero-order valence-electron chi connectivity index (χ0n) is 9.99. The summed E-state index contributed by atoms with van der Waals surface area (Å²) in [6, 6.07) is 7.62. The van der Waals surface area contributed by atoms with Gasteiger partial charge in [0.2, 0.25) is 5.91 Å². The van der Waals surface area contributed by atoms with E-state index >= 15 is 0 Å². The van der Waals surface area contributed by atoms with Crippen LogP contribution in [0.3, 0.4) is 0 Å². The van der Waals surface area contributed by atoms with Crippen molar-refractivity contribution in [2.45, 2.75) is 25.4 Å². The minimum atomic E-state index is -0.882. The van der Waals surface area contributed by atoms with Gasteiger partial charge in [0.1, 0.15) is 0 Å². The average Bonchev–Trinajstić information content (AvgIpc) is 2.68. The number of anilines is 1. The zero-order valence-corrected chi connectivity index (χ0v) is 9.99. The summed E-state index contributed by atoms with van der Waals surface area (Å²) in [4.78, 5) is 11.8. The van der Waals surface area contributed by atoms with E-state index < -0.39 is 5.60 Å². The molecule has 0 aliphatic carbocycles. The first-order valence-electron chi connectivity index (χ1n) is 5.88. The fraction of sp³-hybridized carbons (Fsp3) is 0.462. The van der Waals surface area contributed by atoms with Crippen LogP contribution in [0.4, 0.5) is 5.69 Å². The molecule has 0 aromatic heterocycles. The molecule has 3 N–H and O–H groups in total. The number of hydrogen-bond donors (Lipinski definition) is 3. The molecular formula is C13H18N2O2. The molecule has 4 nitrogen and oxygen atoms in total. The van der Waals surface area contributed by atoms with Gasteiger partial charge in [-0.1, -0.05) is 18.2 Å². The largest absolute Gasteiger partial charge is 0.388 e. The van der Waals surface area contributed by atoms with Crippen molar-refractivity contribution in [1.29, 1.82) is 0 Å². The van der Waals surface area contributed by atoms with Crippen LogP contribution >= 0.6 is 0 Å². The van der Waals surface area contributed by atoms with Crippen molar-refractivity contribution in [3.63, 3.8) is 0 Å². The van der Waals surface area contributed by atoms with Gasteiger partial charge >= 0.3 is 0 Å². The van der Waals surface area contributed by atoms with E-state index in [-0.39, 0.29) is 12.3 Å². The normalized spacial score (nSPS) is 23.6. The third-order valence-corrected chi connectivity index (χ3v) is 3.13. The Balaban J connectivity index is 1.96. The van der Waals surface area contributed by atoms with Crippen LogP contribution in [0.25, 0.3) is 0 Å². The molecule has 1 heterocycles. The summed E-state index contributed by atoms with van der Waals surface area (Å²) in [6.07, 6.45) is 0.780.